The molecule has 2 fully saturated rings. The summed E-state index contributed by atoms with van der Waals surface area (Å²) in [4.78, 5) is 0. The van der Waals surface area contributed by atoms with Gasteiger partial charge >= 0.3 is 0 Å². The van der Waals surface area contributed by atoms with E-state index < -0.39 is 0 Å². The molecule has 0 saturated heterocycles. The van der Waals surface area contributed by atoms with Crippen LogP contribution in [0, 0.1) is 28.6 Å². The molecule has 0 heterocycles. The molecule has 0 spiro atoms. The summed E-state index contributed by atoms with van der Waals surface area (Å²) in [5.74, 6) is 3.00. The molecule has 5 atom stereocenters. The van der Waals surface area contributed by atoms with Crippen LogP contribution in [0.4, 0.5) is 0 Å². The summed E-state index contributed by atoms with van der Waals surface area (Å²) >= 11 is 0. The van der Waals surface area contributed by atoms with Crippen molar-refractivity contribution in [1.29, 1.82) is 0 Å². The van der Waals surface area contributed by atoms with Gasteiger partial charge in [0, 0.05) is 0 Å². The van der Waals surface area contributed by atoms with Gasteiger partial charge in [0.1, 0.15) is 0 Å². The fourth-order valence-corrected chi connectivity index (χ4v) is 5.86. The fourth-order valence-electron chi connectivity index (χ4n) is 5.86. The Hall–Kier alpha value is 0. The van der Waals surface area contributed by atoms with E-state index in [4.69, 9.17) is 0 Å². The molecule has 0 bridgehead atoms. The zero-order valence-corrected chi connectivity index (χ0v) is 14.8. The van der Waals surface area contributed by atoms with E-state index in [1.807, 2.05) is 0 Å². The van der Waals surface area contributed by atoms with Crippen molar-refractivity contribution in [2.24, 2.45) is 28.6 Å². The van der Waals surface area contributed by atoms with E-state index in [9.17, 15) is 0 Å². The molecule has 0 amide bonds. The van der Waals surface area contributed by atoms with Crippen LogP contribution in [0.15, 0.2) is 0 Å². The molecule has 0 aromatic carbocycles. The maximum Gasteiger partial charge on any atom is -0.0272 e. The van der Waals surface area contributed by atoms with Gasteiger partial charge in [-0.15, -0.1) is 0 Å². The van der Waals surface area contributed by atoms with Crippen molar-refractivity contribution in [3.8, 4) is 0 Å². The zero-order chi connectivity index (χ0) is 14.8. The lowest BCUT2D eigenvalue weighted by Crippen LogP contribution is -2.41. The van der Waals surface area contributed by atoms with Crippen LogP contribution in [0.2, 0.25) is 0 Å². The minimum absolute atomic E-state index is 0.606. The second-order valence-electron chi connectivity index (χ2n) is 8.47. The van der Waals surface area contributed by atoms with Crippen LogP contribution in [0.5, 0.6) is 0 Å². The highest BCUT2D eigenvalue weighted by Gasteiger charge is 2.48. The van der Waals surface area contributed by atoms with Gasteiger partial charge in [-0.3, -0.25) is 0 Å². The maximum atomic E-state index is 2.64. The van der Waals surface area contributed by atoms with E-state index in [0.29, 0.717) is 5.41 Å². The summed E-state index contributed by atoms with van der Waals surface area (Å²) in [5.41, 5.74) is 1.33. The molecule has 0 nitrogen and oxygen atoms in total. The normalized spacial score (nSPS) is 38.2. The third kappa shape index (κ3) is 2.81. The van der Waals surface area contributed by atoms with Crippen molar-refractivity contribution in [3.05, 3.63) is 0 Å². The molecule has 0 aromatic rings. The Morgan fingerprint density at radius 1 is 1.15 bits per heavy atom. The molecule has 2 rings (SSSR count). The number of rotatable bonds is 6. The minimum atomic E-state index is 0.606. The van der Waals surface area contributed by atoms with Gasteiger partial charge in [-0.05, 0) is 60.7 Å². The van der Waals surface area contributed by atoms with Gasteiger partial charge in [-0.1, -0.05) is 66.7 Å². The van der Waals surface area contributed by atoms with Crippen molar-refractivity contribution >= 4 is 0 Å². The largest absolute Gasteiger partial charge is 0.0654 e. The topological polar surface area (TPSA) is 0 Å². The van der Waals surface area contributed by atoms with E-state index in [1.54, 1.807) is 6.42 Å². The van der Waals surface area contributed by atoms with E-state index in [1.165, 1.54) is 57.8 Å². The first-order valence-corrected chi connectivity index (χ1v) is 9.50. The monoisotopic (exact) mass is 278 g/mol. The molecule has 0 aliphatic heterocycles. The lowest BCUT2D eigenvalue weighted by atomic mass is 9.55. The highest BCUT2D eigenvalue weighted by molar-refractivity contribution is 4.98. The van der Waals surface area contributed by atoms with Gasteiger partial charge in [0.15, 0.2) is 0 Å². The average molecular weight is 279 g/mol. The van der Waals surface area contributed by atoms with E-state index in [0.717, 1.165) is 23.2 Å². The summed E-state index contributed by atoms with van der Waals surface area (Å²) in [7, 11) is 0. The van der Waals surface area contributed by atoms with Crippen molar-refractivity contribution in [2.75, 3.05) is 0 Å². The van der Waals surface area contributed by atoms with Gasteiger partial charge in [0.25, 0.3) is 0 Å². The van der Waals surface area contributed by atoms with E-state index in [2.05, 4.69) is 34.6 Å². The lowest BCUT2D eigenvalue weighted by molar-refractivity contribution is -0.00288. The molecule has 5 unspecified atom stereocenters. The van der Waals surface area contributed by atoms with Crippen LogP contribution in [-0.4, -0.2) is 0 Å². The quantitative estimate of drug-likeness (QED) is 0.499. The Morgan fingerprint density at radius 2 is 1.90 bits per heavy atom. The van der Waals surface area contributed by atoms with E-state index >= 15 is 0 Å². The second kappa shape index (κ2) is 6.41. The Morgan fingerprint density at radius 3 is 2.50 bits per heavy atom. The van der Waals surface area contributed by atoms with Crippen LogP contribution < -0.4 is 0 Å². The summed E-state index contributed by atoms with van der Waals surface area (Å²) in [6.45, 7) is 12.5. The van der Waals surface area contributed by atoms with Gasteiger partial charge < -0.3 is 0 Å². The summed E-state index contributed by atoms with van der Waals surface area (Å²) in [6, 6.07) is 0. The first-order chi connectivity index (χ1) is 9.50. The molecular weight excluding hydrogens is 240 g/mol. The molecule has 0 radical (unpaired) electrons. The molecule has 2 saturated carbocycles. The highest BCUT2D eigenvalue weighted by Crippen LogP contribution is 2.58. The molecule has 2 aliphatic carbocycles. The third-order valence-electron chi connectivity index (χ3n) is 7.68. The van der Waals surface area contributed by atoms with Crippen LogP contribution in [0.25, 0.3) is 0 Å². The minimum Gasteiger partial charge on any atom is -0.0654 e. The van der Waals surface area contributed by atoms with Gasteiger partial charge in [-0.25, -0.2) is 0 Å². The molecular formula is C20H38. The maximum absolute atomic E-state index is 2.64. The lowest BCUT2D eigenvalue weighted by Gasteiger charge is -2.50. The van der Waals surface area contributed by atoms with Crippen LogP contribution in [0.1, 0.15) is 98.8 Å². The Labute approximate surface area is 128 Å². The van der Waals surface area contributed by atoms with Gasteiger partial charge in [0.2, 0.25) is 0 Å². The molecule has 0 aromatic heterocycles. The molecule has 20 heavy (non-hydrogen) atoms. The zero-order valence-electron chi connectivity index (χ0n) is 14.8. The third-order valence-corrected chi connectivity index (χ3v) is 7.68. The SMILES string of the molecule is CCCC(CC)C(C)(CC)C1CCC2(C)CCCC2C1. The Balaban J connectivity index is 2.11. The van der Waals surface area contributed by atoms with Crippen molar-refractivity contribution in [2.45, 2.75) is 98.8 Å². The van der Waals surface area contributed by atoms with Crippen LogP contribution in [0.3, 0.4) is 0 Å². The van der Waals surface area contributed by atoms with Crippen molar-refractivity contribution in [1.82, 2.24) is 0 Å². The number of hydrogen-bond donors (Lipinski definition) is 0. The molecule has 0 N–H and O–H groups in total. The molecule has 0 heteroatoms. The fraction of sp³-hybridized carbons (Fsp3) is 1.00. The van der Waals surface area contributed by atoms with Crippen LogP contribution in [-0.2, 0) is 0 Å². The number of hydrogen-bond acceptors (Lipinski definition) is 0. The summed E-state index contributed by atoms with van der Waals surface area (Å²) in [5, 5.41) is 0. The van der Waals surface area contributed by atoms with Crippen LogP contribution >= 0.6 is 0 Å². The van der Waals surface area contributed by atoms with Crippen molar-refractivity contribution < 1.29 is 0 Å². The standard InChI is InChI=1S/C20H38/c1-6-10-16(7-2)20(5,8-3)18-12-14-19(4)13-9-11-17(19)15-18/h16-18H,6-15H2,1-5H3. The first kappa shape index (κ1) is 16.4. The van der Waals surface area contributed by atoms with Gasteiger partial charge in [-0.2, -0.15) is 0 Å². The average Bonchev–Trinajstić information content (AvgIpc) is 2.84. The first-order valence-electron chi connectivity index (χ1n) is 9.50. The number of fused-ring (bicyclic) bond motifs is 1. The second-order valence-corrected chi connectivity index (χ2v) is 8.47. The van der Waals surface area contributed by atoms with Crippen molar-refractivity contribution in [3.63, 3.8) is 0 Å². The molecule has 118 valence electrons. The Kier molecular flexibility index (Phi) is 5.24. The smallest absolute Gasteiger partial charge is 0.0272 e. The molecule has 2 aliphatic rings. The predicted octanol–water partition coefficient (Wildman–Crippen LogP) is 6.84. The summed E-state index contributed by atoms with van der Waals surface area (Å²) < 4.78 is 0. The van der Waals surface area contributed by atoms with E-state index in [-0.39, 0.29) is 0 Å². The Bertz CT molecular complexity index is 307. The van der Waals surface area contributed by atoms with Gasteiger partial charge in [0.05, 0.1) is 0 Å². The summed E-state index contributed by atoms with van der Waals surface area (Å²) in [6.07, 6.45) is 14.7. The highest BCUT2D eigenvalue weighted by atomic mass is 14.5. The predicted molar refractivity (Wildman–Crippen MR) is 89.9 cm³/mol.